The summed E-state index contributed by atoms with van der Waals surface area (Å²) >= 11 is 1.51. The Bertz CT molecular complexity index is 227. The molecular weight excluding hydrogens is 161 g/mol. The lowest BCUT2D eigenvalue weighted by atomic mass is 9.82. The average molecular weight is 169 g/mol. The Morgan fingerprint density at radius 3 is 2.55 bits per heavy atom. The lowest BCUT2D eigenvalue weighted by molar-refractivity contribution is 0.425. The van der Waals surface area contributed by atoms with Crippen molar-refractivity contribution in [3.8, 4) is 0 Å². The zero-order chi connectivity index (χ0) is 8.27. The smallest absolute Gasteiger partial charge is 0.423 e. The molecule has 0 spiro atoms. The van der Waals surface area contributed by atoms with E-state index in [-0.39, 0.29) is 0 Å². The minimum atomic E-state index is -1.42. The maximum absolute atomic E-state index is 8.70. The molecule has 1 heterocycles. The van der Waals surface area contributed by atoms with E-state index in [1.54, 1.807) is 12.1 Å². The summed E-state index contributed by atoms with van der Waals surface area (Å²) in [6, 6.07) is 3.39. The van der Waals surface area contributed by atoms with Gasteiger partial charge in [-0.3, -0.25) is 4.98 Å². The largest absolute Gasteiger partial charge is 0.490 e. The van der Waals surface area contributed by atoms with Crippen LogP contribution in [0.1, 0.15) is 0 Å². The standard InChI is InChI=1S/C6H8BNO2S/c1-11-6-3-2-5(4-8-6)7(9)10/h2-4,9-10H,1H3. The molecule has 0 aliphatic heterocycles. The molecule has 0 fully saturated rings. The van der Waals surface area contributed by atoms with Gasteiger partial charge in [-0.1, -0.05) is 6.07 Å². The van der Waals surface area contributed by atoms with Gasteiger partial charge in [0.1, 0.15) is 0 Å². The van der Waals surface area contributed by atoms with Crippen molar-refractivity contribution < 1.29 is 10.0 Å². The maximum atomic E-state index is 8.70. The fourth-order valence-electron chi connectivity index (χ4n) is 0.665. The van der Waals surface area contributed by atoms with Gasteiger partial charge in [0.2, 0.25) is 0 Å². The number of pyridine rings is 1. The van der Waals surface area contributed by atoms with E-state index in [2.05, 4.69) is 4.98 Å². The number of thioether (sulfide) groups is 1. The molecular formula is C6H8BNO2S. The Morgan fingerprint density at radius 2 is 2.18 bits per heavy atom. The van der Waals surface area contributed by atoms with Crippen LogP contribution < -0.4 is 5.46 Å². The molecule has 0 atom stereocenters. The number of nitrogens with zero attached hydrogens (tertiary/aromatic N) is 1. The Hall–Kier alpha value is -0.515. The fourth-order valence-corrected chi connectivity index (χ4v) is 1.03. The van der Waals surface area contributed by atoms with Crippen molar-refractivity contribution in [2.75, 3.05) is 6.26 Å². The van der Waals surface area contributed by atoms with E-state index in [1.165, 1.54) is 18.0 Å². The Labute approximate surface area is 69.6 Å². The van der Waals surface area contributed by atoms with Crippen molar-refractivity contribution in [3.63, 3.8) is 0 Å². The average Bonchev–Trinajstić information content (AvgIpc) is 2.05. The van der Waals surface area contributed by atoms with Crippen LogP contribution in [0.25, 0.3) is 0 Å². The highest BCUT2D eigenvalue weighted by atomic mass is 32.2. The highest BCUT2D eigenvalue weighted by molar-refractivity contribution is 7.98. The topological polar surface area (TPSA) is 53.4 Å². The van der Waals surface area contributed by atoms with E-state index in [1.807, 2.05) is 6.26 Å². The van der Waals surface area contributed by atoms with Crippen LogP contribution in [0.5, 0.6) is 0 Å². The van der Waals surface area contributed by atoms with Gasteiger partial charge in [-0.15, -0.1) is 11.8 Å². The summed E-state index contributed by atoms with van der Waals surface area (Å²) in [5.74, 6) is 0. The first-order valence-electron chi connectivity index (χ1n) is 3.10. The van der Waals surface area contributed by atoms with Crippen LogP contribution in [0.3, 0.4) is 0 Å². The summed E-state index contributed by atoms with van der Waals surface area (Å²) in [7, 11) is -1.42. The third-order valence-electron chi connectivity index (χ3n) is 1.27. The first kappa shape index (κ1) is 8.58. The normalized spacial score (nSPS) is 9.73. The van der Waals surface area contributed by atoms with Gasteiger partial charge in [0.05, 0.1) is 5.03 Å². The van der Waals surface area contributed by atoms with Crippen LogP contribution in [0.4, 0.5) is 0 Å². The molecule has 0 bridgehead atoms. The van der Waals surface area contributed by atoms with Gasteiger partial charge in [-0.25, -0.2) is 0 Å². The van der Waals surface area contributed by atoms with E-state index in [4.69, 9.17) is 10.0 Å². The molecule has 1 aromatic heterocycles. The highest BCUT2D eigenvalue weighted by Gasteiger charge is 2.09. The van der Waals surface area contributed by atoms with Crippen LogP contribution >= 0.6 is 11.8 Å². The van der Waals surface area contributed by atoms with Crippen molar-refractivity contribution in [2.24, 2.45) is 0 Å². The third-order valence-corrected chi connectivity index (χ3v) is 1.93. The van der Waals surface area contributed by atoms with Gasteiger partial charge in [0.15, 0.2) is 0 Å². The predicted octanol–water partition coefficient (Wildman–Crippen LogP) is -0.517. The summed E-state index contributed by atoms with van der Waals surface area (Å²) in [6.07, 6.45) is 3.37. The van der Waals surface area contributed by atoms with Crippen LogP contribution in [0.15, 0.2) is 23.4 Å². The van der Waals surface area contributed by atoms with Crippen LogP contribution in [-0.2, 0) is 0 Å². The summed E-state index contributed by atoms with van der Waals surface area (Å²) < 4.78 is 0. The Balaban J connectivity index is 2.83. The Kier molecular flexibility index (Phi) is 2.93. The second-order valence-electron chi connectivity index (χ2n) is 2.01. The molecule has 58 valence electrons. The third kappa shape index (κ3) is 2.22. The molecule has 11 heavy (non-hydrogen) atoms. The maximum Gasteiger partial charge on any atom is 0.490 e. The number of rotatable bonds is 2. The van der Waals surface area contributed by atoms with E-state index < -0.39 is 7.12 Å². The quantitative estimate of drug-likeness (QED) is 0.462. The monoisotopic (exact) mass is 169 g/mol. The summed E-state index contributed by atoms with van der Waals surface area (Å²) in [6.45, 7) is 0. The second kappa shape index (κ2) is 3.76. The zero-order valence-electron chi connectivity index (χ0n) is 6.06. The molecule has 0 radical (unpaired) electrons. The minimum Gasteiger partial charge on any atom is -0.423 e. The Morgan fingerprint density at radius 1 is 1.45 bits per heavy atom. The molecule has 0 unspecified atom stereocenters. The van der Waals surface area contributed by atoms with Gasteiger partial charge < -0.3 is 10.0 Å². The number of hydrogen-bond donors (Lipinski definition) is 2. The SMILES string of the molecule is CSc1ccc(B(O)O)cn1. The molecule has 0 aromatic carbocycles. The molecule has 1 rings (SSSR count). The summed E-state index contributed by atoms with van der Waals surface area (Å²) in [5, 5.41) is 18.3. The van der Waals surface area contributed by atoms with E-state index in [0.29, 0.717) is 5.46 Å². The van der Waals surface area contributed by atoms with Crippen molar-refractivity contribution in [1.29, 1.82) is 0 Å². The summed E-state index contributed by atoms with van der Waals surface area (Å²) in [4.78, 5) is 3.96. The van der Waals surface area contributed by atoms with E-state index in [0.717, 1.165) is 5.03 Å². The van der Waals surface area contributed by atoms with E-state index in [9.17, 15) is 0 Å². The summed E-state index contributed by atoms with van der Waals surface area (Å²) in [5.41, 5.74) is 0.419. The fraction of sp³-hybridized carbons (Fsp3) is 0.167. The van der Waals surface area contributed by atoms with Crippen molar-refractivity contribution in [1.82, 2.24) is 4.98 Å². The molecule has 5 heteroatoms. The van der Waals surface area contributed by atoms with Gasteiger partial charge in [-0.05, 0) is 12.3 Å². The minimum absolute atomic E-state index is 0.419. The van der Waals surface area contributed by atoms with Crippen LogP contribution in [-0.4, -0.2) is 28.4 Å². The van der Waals surface area contributed by atoms with Gasteiger partial charge in [-0.2, -0.15) is 0 Å². The molecule has 0 aliphatic rings. The van der Waals surface area contributed by atoms with Crippen molar-refractivity contribution in [3.05, 3.63) is 18.3 Å². The molecule has 3 nitrogen and oxygen atoms in total. The molecule has 0 amide bonds. The number of hydrogen-bond acceptors (Lipinski definition) is 4. The van der Waals surface area contributed by atoms with E-state index >= 15 is 0 Å². The molecule has 1 aromatic rings. The molecule has 2 N–H and O–H groups in total. The van der Waals surface area contributed by atoms with Gasteiger partial charge in [0, 0.05) is 11.7 Å². The zero-order valence-corrected chi connectivity index (χ0v) is 6.88. The highest BCUT2D eigenvalue weighted by Crippen LogP contribution is 2.07. The van der Waals surface area contributed by atoms with Crippen LogP contribution in [0.2, 0.25) is 0 Å². The van der Waals surface area contributed by atoms with Crippen molar-refractivity contribution in [2.45, 2.75) is 5.03 Å². The van der Waals surface area contributed by atoms with Gasteiger partial charge in [0.25, 0.3) is 0 Å². The first-order valence-corrected chi connectivity index (χ1v) is 4.32. The predicted molar refractivity (Wildman–Crippen MR) is 45.8 cm³/mol. The first-order chi connectivity index (χ1) is 5.24. The second-order valence-corrected chi connectivity index (χ2v) is 2.83. The lowest BCUT2D eigenvalue weighted by Crippen LogP contribution is -2.29. The van der Waals surface area contributed by atoms with Gasteiger partial charge >= 0.3 is 7.12 Å². The molecule has 0 saturated carbocycles. The molecule has 0 aliphatic carbocycles. The van der Waals surface area contributed by atoms with Crippen molar-refractivity contribution >= 4 is 24.3 Å². The lowest BCUT2D eigenvalue weighted by Gasteiger charge is -1.98. The van der Waals surface area contributed by atoms with Crippen LogP contribution in [0, 0.1) is 0 Å². The number of aromatic nitrogens is 1. The molecule has 0 saturated heterocycles.